The van der Waals surface area contributed by atoms with E-state index in [1.807, 2.05) is 60.7 Å². The van der Waals surface area contributed by atoms with Gasteiger partial charge >= 0.3 is 0 Å². The van der Waals surface area contributed by atoms with Crippen molar-refractivity contribution in [2.24, 2.45) is 0 Å². The summed E-state index contributed by atoms with van der Waals surface area (Å²) >= 11 is 0. The first-order valence-electron chi connectivity index (χ1n) is 17.8. The molecule has 0 fully saturated rings. The molecule has 1 heterocycles. The highest BCUT2D eigenvalue weighted by Crippen LogP contribution is 2.38. The van der Waals surface area contributed by atoms with E-state index in [-0.39, 0.29) is 5.43 Å². The van der Waals surface area contributed by atoms with Gasteiger partial charge in [-0.25, -0.2) is 0 Å². The standard InChI is InChI=1S/C44H48O7/c1-46-40-30-42-43(37(45)29-39(51-42)35-25-26-38(41(28-35)47-2)50-32-34-22-16-13-17-23-34)44(48-3)36(40)24-18-10-8-6-4-5-7-9-11-19-27-49-31-33-20-14-12-15-21-33/h12-17,20-23,25-26,28-30H,4-11,19,27,31-32H2,1-3H3. The van der Waals surface area contributed by atoms with E-state index in [9.17, 15) is 4.79 Å². The van der Waals surface area contributed by atoms with Crippen molar-refractivity contribution in [3.05, 3.63) is 118 Å². The van der Waals surface area contributed by atoms with Gasteiger partial charge in [-0.1, -0.05) is 111 Å². The van der Waals surface area contributed by atoms with Gasteiger partial charge in [-0.15, -0.1) is 0 Å². The molecule has 5 rings (SSSR count). The van der Waals surface area contributed by atoms with Gasteiger partial charge < -0.3 is 28.1 Å². The predicted molar refractivity (Wildman–Crippen MR) is 203 cm³/mol. The van der Waals surface area contributed by atoms with Gasteiger partial charge in [0.15, 0.2) is 22.7 Å². The Morgan fingerprint density at radius 1 is 0.627 bits per heavy atom. The van der Waals surface area contributed by atoms with Crippen LogP contribution in [0.25, 0.3) is 22.3 Å². The van der Waals surface area contributed by atoms with E-state index in [2.05, 4.69) is 24.0 Å². The fraction of sp³-hybridized carbons (Fsp3) is 0.341. The van der Waals surface area contributed by atoms with E-state index in [0.717, 1.165) is 37.9 Å². The van der Waals surface area contributed by atoms with E-state index in [1.54, 1.807) is 26.4 Å². The molecule has 0 saturated heterocycles. The summed E-state index contributed by atoms with van der Waals surface area (Å²) in [4.78, 5) is 13.5. The van der Waals surface area contributed by atoms with E-state index in [1.165, 1.54) is 50.8 Å². The molecule has 0 aliphatic rings. The molecule has 0 aliphatic carbocycles. The zero-order valence-electron chi connectivity index (χ0n) is 30.0. The van der Waals surface area contributed by atoms with Crippen LogP contribution in [0.5, 0.6) is 23.0 Å². The van der Waals surface area contributed by atoms with Crippen molar-refractivity contribution in [3.63, 3.8) is 0 Å². The van der Waals surface area contributed by atoms with Crippen molar-refractivity contribution in [1.82, 2.24) is 0 Å². The molecule has 5 aromatic rings. The number of unbranched alkanes of at least 4 members (excludes halogenated alkanes) is 8. The van der Waals surface area contributed by atoms with E-state index >= 15 is 0 Å². The molecule has 51 heavy (non-hydrogen) atoms. The van der Waals surface area contributed by atoms with Crippen LogP contribution in [0, 0.1) is 11.8 Å². The predicted octanol–water partition coefficient (Wildman–Crippen LogP) is 10.1. The van der Waals surface area contributed by atoms with Crippen LogP contribution >= 0.6 is 0 Å². The molecule has 0 bridgehead atoms. The van der Waals surface area contributed by atoms with Gasteiger partial charge in [0, 0.05) is 30.7 Å². The Bertz CT molecular complexity index is 1940. The molecule has 7 heteroatoms. The molecular formula is C44H48O7. The van der Waals surface area contributed by atoms with Crippen molar-refractivity contribution in [2.75, 3.05) is 27.9 Å². The number of rotatable bonds is 19. The van der Waals surface area contributed by atoms with Gasteiger partial charge in [-0.2, -0.15) is 0 Å². The first-order valence-corrected chi connectivity index (χ1v) is 17.8. The molecule has 0 radical (unpaired) electrons. The average Bonchev–Trinajstić information content (AvgIpc) is 3.17. The molecule has 0 atom stereocenters. The molecule has 4 aromatic carbocycles. The van der Waals surface area contributed by atoms with E-state index in [4.69, 9.17) is 28.1 Å². The van der Waals surface area contributed by atoms with Gasteiger partial charge in [-0.3, -0.25) is 4.79 Å². The van der Waals surface area contributed by atoms with Crippen LogP contribution in [0.2, 0.25) is 0 Å². The quantitative estimate of drug-likeness (QED) is 0.0631. The number of benzene rings is 4. The Labute approximate surface area is 301 Å². The van der Waals surface area contributed by atoms with E-state index < -0.39 is 0 Å². The molecule has 266 valence electrons. The summed E-state index contributed by atoms with van der Waals surface area (Å²) in [7, 11) is 4.69. The van der Waals surface area contributed by atoms with E-state index in [0.29, 0.717) is 64.1 Å². The smallest absolute Gasteiger partial charge is 0.197 e. The van der Waals surface area contributed by atoms with Crippen LogP contribution in [0.15, 0.2) is 100 Å². The average molecular weight is 689 g/mol. The number of methoxy groups -OCH3 is 3. The zero-order chi connectivity index (χ0) is 35.7. The molecule has 0 aliphatic heterocycles. The lowest BCUT2D eigenvalue weighted by atomic mass is 10.1. The van der Waals surface area contributed by atoms with Gasteiger partial charge in [0.1, 0.15) is 34.6 Å². The minimum Gasteiger partial charge on any atom is -0.495 e. The molecule has 0 unspecified atom stereocenters. The first-order chi connectivity index (χ1) is 25.1. The zero-order valence-corrected chi connectivity index (χ0v) is 30.0. The SMILES string of the molecule is COc1cc(-c2cc(=O)c3c(OC)c(C#CCCCCCCCCCCOCc4ccccc4)c(OC)cc3o2)ccc1OCc1ccccc1. The van der Waals surface area contributed by atoms with Crippen molar-refractivity contribution >= 4 is 11.0 Å². The highest BCUT2D eigenvalue weighted by molar-refractivity contribution is 5.90. The summed E-state index contributed by atoms with van der Waals surface area (Å²) in [5.41, 5.74) is 3.60. The third-order valence-corrected chi connectivity index (χ3v) is 8.71. The summed E-state index contributed by atoms with van der Waals surface area (Å²) in [5, 5.41) is 0.323. The summed E-state index contributed by atoms with van der Waals surface area (Å²) < 4.78 is 35.1. The maximum atomic E-state index is 13.5. The van der Waals surface area contributed by atoms with Gasteiger partial charge in [0.05, 0.1) is 27.9 Å². The second kappa shape index (κ2) is 19.9. The molecule has 0 amide bonds. The minimum atomic E-state index is -0.239. The minimum absolute atomic E-state index is 0.239. The summed E-state index contributed by atoms with van der Waals surface area (Å²) in [6, 6.07) is 28.8. The van der Waals surface area contributed by atoms with Crippen molar-refractivity contribution in [1.29, 1.82) is 0 Å². The molecule has 7 nitrogen and oxygen atoms in total. The molecular weight excluding hydrogens is 640 g/mol. The highest BCUT2D eigenvalue weighted by Gasteiger charge is 2.20. The van der Waals surface area contributed by atoms with Crippen molar-refractivity contribution in [2.45, 2.75) is 71.0 Å². The maximum Gasteiger partial charge on any atom is 0.197 e. The Kier molecular flexibility index (Phi) is 14.4. The summed E-state index contributed by atoms with van der Waals surface area (Å²) in [6.45, 7) is 1.92. The van der Waals surface area contributed by atoms with Crippen LogP contribution in [-0.2, 0) is 18.0 Å². The largest absolute Gasteiger partial charge is 0.495 e. The van der Waals surface area contributed by atoms with Gasteiger partial charge in [0.25, 0.3) is 0 Å². The van der Waals surface area contributed by atoms with Crippen LogP contribution in [0.4, 0.5) is 0 Å². The lowest BCUT2D eigenvalue weighted by molar-refractivity contribution is 0.116. The fourth-order valence-corrected chi connectivity index (χ4v) is 5.96. The second-order valence-electron chi connectivity index (χ2n) is 12.4. The third kappa shape index (κ3) is 10.7. The Morgan fingerprint density at radius 3 is 1.94 bits per heavy atom. The molecule has 0 N–H and O–H groups in total. The fourth-order valence-electron chi connectivity index (χ4n) is 5.96. The summed E-state index contributed by atoms with van der Waals surface area (Å²) in [5.74, 6) is 8.83. The Balaban J connectivity index is 1.13. The van der Waals surface area contributed by atoms with Crippen LogP contribution < -0.4 is 24.4 Å². The first kappa shape index (κ1) is 37.1. The Morgan fingerprint density at radius 2 is 1.27 bits per heavy atom. The molecule has 0 spiro atoms. The molecule has 1 aromatic heterocycles. The number of hydrogen-bond acceptors (Lipinski definition) is 7. The highest BCUT2D eigenvalue weighted by atomic mass is 16.5. The Hall–Kier alpha value is -5.19. The van der Waals surface area contributed by atoms with Crippen LogP contribution in [-0.4, -0.2) is 27.9 Å². The van der Waals surface area contributed by atoms with Gasteiger partial charge in [-0.05, 0) is 42.2 Å². The van der Waals surface area contributed by atoms with Crippen LogP contribution in [0.3, 0.4) is 0 Å². The maximum absolute atomic E-state index is 13.5. The van der Waals surface area contributed by atoms with Crippen molar-refractivity contribution in [3.8, 4) is 46.2 Å². The lowest BCUT2D eigenvalue weighted by Crippen LogP contribution is -2.05. The lowest BCUT2D eigenvalue weighted by Gasteiger charge is -2.14. The van der Waals surface area contributed by atoms with Gasteiger partial charge in [0.2, 0.25) is 0 Å². The monoisotopic (exact) mass is 688 g/mol. The van der Waals surface area contributed by atoms with Crippen LogP contribution in [0.1, 0.15) is 74.5 Å². The third-order valence-electron chi connectivity index (χ3n) is 8.71. The number of hydrogen-bond donors (Lipinski definition) is 0. The normalized spacial score (nSPS) is 10.8. The second-order valence-corrected chi connectivity index (χ2v) is 12.4. The summed E-state index contributed by atoms with van der Waals surface area (Å²) in [6.07, 6.45) is 10.2. The topological polar surface area (TPSA) is 76.4 Å². The van der Waals surface area contributed by atoms with Crippen molar-refractivity contribution < 1.29 is 28.1 Å². The number of ether oxygens (including phenoxy) is 5. The molecule has 0 saturated carbocycles. The number of fused-ring (bicyclic) bond motifs is 1.